The summed E-state index contributed by atoms with van der Waals surface area (Å²) in [6.07, 6.45) is 1.56. The number of esters is 1. The number of nitrogens with one attached hydrogen (secondary N) is 1. The number of hydrogen-bond donors (Lipinski definition) is 1. The Morgan fingerprint density at radius 2 is 2.04 bits per heavy atom. The molecular formula is C18H16ClN3O4. The minimum absolute atomic E-state index is 0.0256. The molecule has 0 aliphatic heterocycles. The van der Waals surface area contributed by atoms with Crippen molar-refractivity contribution in [2.75, 3.05) is 19.0 Å². The molecule has 1 aromatic heterocycles. The summed E-state index contributed by atoms with van der Waals surface area (Å²) in [6.45, 7) is -0.419. The van der Waals surface area contributed by atoms with Gasteiger partial charge in [0.1, 0.15) is 12.3 Å². The van der Waals surface area contributed by atoms with E-state index in [1.54, 1.807) is 29.1 Å². The molecular weight excluding hydrogens is 358 g/mol. The van der Waals surface area contributed by atoms with Crippen LogP contribution in [0.2, 0.25) is 5.02 Å². The van der Waals surface area contributed by atoms with E-state index in [-0.39, 0.29) is 6.54 Å². The Morgan fingerprint density at radius 1 is 1.23 bits per heavy atom. The predicted octanol–water partition coefficient (Wildman–Crippen LogP) is 2.88. The zero-order valence-electron chi connectivity index (χ0n) is 13.9. The van der Waals surface area contributed by atoms with E-state index in [0.717, 1.165) is 11.0 Å². The Labute approximate surface area is 154 Å². The third-order valence-corrected chi connectivity index (χ3v) is 3.92. The molecule has 0 saturated carbocycles. The number of fused-ring (bicyclic) bond motifs is 1. The van der Waals surface area contributed by atoms with Crippen molar-refractivity contribution < 1.29 is 19.1 Å². The molecule has 7 nitrogen and oxygen atoms in total. The number of para-hydroxylation sites is 2. The lowest BCUT2D eigenvalue weighted by molar-refractivity contribution is -0.147. The average Bonchev–Trinajstić information content (AvgIpc) is 3.03. The van der Waals surface area contributed by atoms with Crippen LogP contribution < -0.4 is 10.1 Å². The summed E-state index contributed by atoms with van der Waals surface area (Å²) in [6, 6.07) is 12.3. The molecule has 0 radical (unpaired) electrons. The van der Waals surface area contributed by atoms with E-state index in [1.807, 2.05) is 24.3 Å². The average molecular weight is 374 g/mol. The van der Waals surface area contributed by atoms with Gasteiger partial charge in [-0.1, -0.05) is 23.7 Å². The Bertz CT molecular complexity index is 955. The van der Waals surface area contributed by atoms with Crippen LogP contribution >= 0.6 is 11.6 Å². The van der Waals surface area contributed by atoms with Gasteiger partial charge in [0, 0.05) is 5.69 Å². The maximum Gasteiger partial charge on any atom is 0.326 e. The number of rotatable bonds is 6. The van der Waals surface area contributed by atoms with Crippen LogP contribution in [0.3, 0.4) is 0 Å². The van der Waals surface area contributed by atoms with Gasteiger partial charge in [0.05, 0.1) is 29.5 Å². The molecule has 0 saturated heterocycles. The molecule has 0 fully saturated rings. The number of nitrogens with zero attached hydrogens (tertiary/aromatic N) is 2. The lowest BCUT2D eigenvalue weighted by atomic mass is 10.3. The molecule has 1 amide bonds. The molecule has 8 heteroatoms. The number of carbonyl (C=O) groups excluding carboxylic acids is 2. The Kier molecular flexibility index (Phi) is 5.38. The van der Waals surface area contributed by atoms with Gasteiger partial charge in [0.15, 0.2) is 6.61 Å². The van der Waals surface area contributed by atoms with Gasteiger partial charge in [-0.15, -0.1) is 0 Å². The van der Waals surface area contributed by atoms with Crippen molar-refractivity contribution >= 4 is 40.2 Å². The third-order valence-electron chi connectivity index (χ3n) is 3.63. The molecule has 0 spiro atoms. The largest absolute Gasteiger partial charge is 0.495 e. The van der Waals surface area contributed by atoms with Gasteiger partial charge in [0.2, 0.25) is 0 Å². The van der Waals surface area contributed by atoms with E-state index in [2.05, 4.69) is 10.3 Å². The highest BCUT2D eigenvalue weighted by atomic mass is 35.5. The molecule has 0 aliphatic rings. The van der Waals surface area contributed by atoms with Gasteiger partial charge in [0.25, 0.3) is 5.91 Å². The SMILES string of the molecule is COc1ccc(NC(=O)COC(=O)Cn2cnc3ccccc32)cc1Cl. The number of methoxy groups -OCH3 is 1. The van der Waals surface area contributed by atoms with E-state index >= 15 is 0 Å². The summed E-state index contributed by atoms with van der Waals surface area (Å²) in [7, 11) is 1.50. The van der Waals surface area contributed by atoms with Gasteiger partial charge in [-0.2, -0.15) is 0 Å². The van der Waals surface area contributed by atoms with Gasteiger partial charge in [-0.05, 0) is 30.3 Å². The fourth-order valence-electron chi connectivity index (χ4n) is 2.41. The van der Waals surface area contributed by atoms with E-state index in [1.165, 1.54) is 7.11 Å². The first-order chi connectivity index (χ1) is 12.6. The number of benzene rings is 2. The topological polar surface area (TPSA) is 82.5 Å². The van der Waals surface area contributed by atoms with Crippen molar-refractivity contribution in [1.82, 2.24) is 9.55 Å². The number of imidazole rings is 1. The molecule has 26 heavy (non-hydrogen) atoms. The maximum atomic E-state index is 12.0. The summed E-state index contributed by atoms with van der Waals surface area (Å²) in [5, 5.41) is 2.97. The summed E-state index contributed by atoms with van der Waals surface area (Å²) in [5.74, 6) is -0.491. The Morgan fingerprint density at radius 3 is 2.81 bits per heavy atom. The first-order valence-electron chi connectivity index (χ1n) is 7.75. The van der Waals surface area contributed by atoms with E-state index in [4.69, 9.17) is 21.1 Å². The minimum Gasteiger partial charge on any atom is -0.495 e. The maximum absolute atomic E-state index is 12.0. The second kappa shape index (κ2) is 7.88. The Hall–Kier alpha value is -3.06. The lowest BCUT2D eigenvalue weighted by Gasteiger charge is -2.09. The van der Waals surface area contributed by atoms with Gasteiger partial charge in [-0.25, -0.2) is 4.98 Å². The molecule has 0 bridgehead atoms. The van der Waals surface area contributed by atoms with Crippen LogP contribution in [-0.2, 0) is 20.9 Å². The Balaban J connectivity index is 1.52. The van der Waals surface area contributed by atoms with Gasteiger partial charge < -0.3 is 19.4 Å². The number of aromatic nitrogens is 2. The number of anilines is 1. The van der Waals surface area contributed by atoms with Gasteiger partial charge in [-0.3, -0.25) is 9.59 Å². The van der Waals surface area contributed by atoms with Crippen molar-refractivity contribution in [1.29, 1.82) is 0 Å². The zero-order chi connectivity index (χ0) is 18.5. The highest BCUT2D eigenvalue weighted by Crippen LogP contribution is 2.27. The van der Waals surface area contributed by atoms with Crippen LogP contribution in [0.5, 0.6) is 5.75 Å². The number of carbonyl (C=O) groups is 2. The third kappa shape index (κ3) is 4.12. The van der Waals surface area contributed by atoms with E-state index < -0.39 is 18.5 Å². The summed E-state index contributed by atoms with van der Waals surface area (Å²) in [5.41, 5.74) is 2.09. The van der Waals surface area contributed by atoms with Crippen molar-refractivity contribution in [3.8, 4) is 5.75 Å². The normalized spacial score (nSPS) is 10.5. The molecule has 0 unspecified atom stereocenters. The van der Waals surface area contributed by atoms with Crippen LogP contribution in [0.25, 0.3) is 11.0 Å². The predicted molar refractivity (Wildman–Crippen MR) is 97.3 cm³/mol. The second-order valence-corrected chi connectivity index (χ2v) is 5.83. The van der Waals surface area contributed by atoms with Crippen LogP contribution in [-0.4, -0.2) is 35.1 Å². The molecule has 0 aliphatic carbocycles. The van der Waals surface area contributed by atoms with Crippen molar-refractivity contribution in [3.63, 3.8) is 0 Å². The molecule has 1 heterocycles. The molecule has 3 rings (SSSR count). The quantitative estimate of drug-likeness (QED) is 0.672. The van der Waals surface area contributed by atoms with Crippen molar-refractivity contribution in [2.45, 2.75) is 6.54 Å². The second-order valence-electron chi connectivity index (χ2n) is 5.42. The van der Waals surface area contributed by atoms with Gasteiger partial charge >= 0.3 is 5.97 Å². The standard InChI is InChI=1S/C18H16ClN3O4/c1-25-16-7-6-12(8-13(16)19)21-17(23)10-26-18(24)9-22-11-20-14-4-2-3-5-15(14)22/h2-8,11H,9-10H2,1H3,(H,21,23). The minimum atomic E-state index is -0.531. The highest BCUT2D eigenvalue weighted by Gasteiger charge is 2.11. The number of amides is 1. The molecule has 1 N–H and O–H groups in total. The smallest absolute Gasteiger partial charge is 0.326 e. The number of ether oxygens (including phenoxy) is 2. The molecule has 2 aromatic carbocycles. The molecule has 134 valence electrons. The van der Waals surface area contributed by atoms with Crippen LogP contribution in [0.4, 0.5) is 5.69 Å². The first-order valence-corrected chi connectivity index (χ1v) is 8.13. The van der Waals surface area contributed by atoms with Crippen LogP contribution in [0.1, 0.15) is 0 Å². The molecule has 0 atom stereocenters. The van der Waals surface area contributed by atoms with Crippen LogP contribution in [0, 0.1) is 0 Å². The number of halogens is 1. The first kappa shape index (κ1) is 17.8. The van der Waals surface area contributed by atoms with Crippen molar-refractivity contribution in [2.24, 2.45) is 0 Å². The number of hydrogen-bond acceptors (Lipinski definition) is 5. The van der Waals surface area contributed by atoms with Crippen LogP contribution in [0.15, 0.2) is 48.8 Å². The fraction of sp³-hybridized carbons (Fsp3) is 0.167. The summed E-state index contributed by atoms with van der Waals surface area (Å²) < 4.78 is 11.7. The highest BCUT2D eigenvalue weighted by molar-refractivity contribution is 6.32. The molecule has 3 aromatic rings. The summed E-state index contributed by atoms with van der Waals surface area (Å²) in [4.78, 5) is 28.1. The fourth-order valence-corrected chi connectivity index (χ4v) is 2.67. The lowest BCUT2D eigenvalue weighted by Crippen LogP contribution is -2.22. The van der Waals surface area contributed by atoms with E-state index in [0.29, 0.717) is 16.5 Å². The zero-order valence-corrected chi connectivity index (χ0v) is 14.7. The monoisotopic (exact) mass is 373 g/mol. The van der Waals surface area contributed by atoms with E-state index in [9.17, 15) is 9.59 Å². The van der Waals surface area contributed by atoms with Crippen molar-refractivity contribution in [3.05, 3.63) is 53.8 Å². The summed E-state index contributed by atoms with van der Waals surface area (Å²) >= 11 is 6.00.